The number of rotatable bonds is 2. The fourth-order valence-electron chi connectivity index (χ4n) is 1.22. The van der Waals surface area contributed by atoms with Crippen LogP contribution in [-0.4, -0.2) is 12.1 Å². The molecule has 0 aromatic heterocycles. The zero-order valence-electron chi connectivity index (χ0n) is 6.01. The topological polar surface area (TPSA) is 26.3 Å². The minimum Gasteiger partial charge on any atom is -0.459 e. The second kappa shape index (κ2) is 3.40. The average molecular weight is 140 g/mol. The SMILES string of the molecule is C=CC(=O)OC1CCCC1. The molecule has 0 atom stereocenters. The van der Waals surface area contributed by atoms with Gasteiger partial charge in [0, 0.05) is 6.08 Å². The molecule has 0 saturated heterocycles. The first-order valence-electron chi connectivity index (χ1n) is 3.66. The summed E-state index contributed by atoms with van der Waals surface area (Å²) >= 11 is 0. The molecule has 1 aliphatic rings. The molecule has 0 unspecified atom stereocenters. The first-order valence-corrected chi connectivity index (χ1v) is 3.66. The lowest BCUT2D eigenvalue weighted by Gasteiger charge is -2.07. The molecule has 0 bridgehead atoms. The van der Waals surface area contributed by atoms with Crippen LogP contribution in [0.1, 0.15) is 25.7 Å². The van der Waals surface area contributed by atoms with E-state index in [9.17, 15) is 4.79 Å². The minimum absolute atomic E-state index is 0.172. The molecule has 10 heavy (non-hydrogen) atoms. The van der Waals surface area contributed by atoms with E-state index >= 15 is 0 Å². The molecule has 1 aliphatic carbocycles. The van der Waals surface area contributed by atoms with Crippen molar-refractivity contribution in [2.75, 3.05) is 0 Å². The van der Waals surface area contributed by atoms with Crippen LogP contribution >= 0.6 is 0 Å². The summed E-state index contributed by atoms with van der Waals surface area (Å²) in [4.78, 5) is 10.6. The first-order chi connectivity index (χ1) is 4.83. The molecule has 56 valence electrons. The van der Waals surface area contributed by atoms with Crippen molar-refractivity contribution in [3.8, 4) is 0 Å². The van der Waals surface area contributed by atoms with Crippen LogP contribution in [0.2, 0.25) is 0 Å². The Labute approximate surface area is 60.9 Å². The van der Waals surface area contributed by atoms with Crippen LogP contribution in [0.3, 0.4) is 0 Å². The van der Waals surface area contributed by atoms with Crippen LogP contribution < -0.4 is 0 Å². The zero-order valence-corrected chi connectivity index (χ0v) is 6.01. The third-order valence-corrected chi connectivity index (χ3v) is 1.75. The van der Waals surface area contributed by atoms with Gasteiger partial charge in [-0.3, -0.25) is 0 Å². The molecule has 1 saturated carbocycles. The van der Waals surface area contributed by atoms with Crippen molar-refractivity contribution in [3.05, 3.63) is 12.7 Å². The van der Waals surface area contributed by atoms with E-state index in [2.05, 4.69) is 6.58 Å². The molecule has 0 N–H and O–H groups in total. The van der Waals surface area contributed by atoms with Crippen molar-refractivity contribution in [1.29, 1.82) is 0 Å². The summed E-state index contributed by atoms with van der Waals surface area (Å²) in [7, 11) is 0. The Balaban J connectivity index is 2.23. The summed E-state index contributed by atoms with van der Waals surface area (Å²) in [5.74, 6) is -0.285. The highest BCUT2D eigenvalue weighted by Crippen LogP contribution is 2.20. The molecular formula is C8H12O2. The Morgan fingerprint density at radius 3 is 2.60 bits per heavy atom. The molecule has 1 fully saturated rings. The van der Waals surface area contributed by atoms with Crippen LogP contribution in [-0.2, 0) is 9.53 Å². The maximum Gasteiger partial charge on any atom is 0.330 e. The maximum atomic E-state index is 10.6. The molecule has 0 spiro atoms. The lowest BCUT2D eigenvalue weighted by atomic mass is 10.3. The fraction of sp³-hybridized carbons (Fsp3) is 0.625. The summed E-state index contributed by atoms with van der Waals surface area (Å²) in [5.41, 5.74) is 0. The molecular weight excluding hydrogens is 128 g/mol. The van der Waals surface area contributed by atoms with Gasteiger partial charge in [0.1, 0.15) is 6.10 Å². The van der Waals surface area contributed by atoms with Crippen molar-refractivity contribution < 1.29 is 9.53 Å². The van der Waals surface area contributed by atoms with E-state index in [1.165, 1.54) is 18.9 Å². The number of carbonyl (C=O) groups excluding carboxylic acids is 1. The molecule has 0 aliphatic heterocycles. The Kier molecular flexibility index (Phi) is 2.49. The molecule has 0 heterocycles. The second-order valence-corrected chi connectivity index (χ2v) is 2.55. The van der Waals surface area contributed by atoms with Crippen LogP contribution in [0.25, 0.3) is 0 Å². The van der Waals surface area contributed by atoms with Gasteiger partial charge in [0.05, 0.1) is 0 Å². The predicted molar refractivity (Wildman–Crippen MR) is 38.5 cm³/mol. The number of ether oxygens (including phenoxy) is 1. The molecule has 2 heteroatoms. The van der Waals surface area contributed by atoms with Crippen LogP contribution in [0.15, 0.2) is 12.7 Å². The lowest BCUT2D eigenvalue weighted by Crippen LogP contribution is -2.11. The first kappa shape index (κ1) is 7.32. The van der Waals surface area contributed by atoms with E-state index in [-0.39, 0.29) is 12.1 Å². The van der Waals surface area contributed by atoms with Crippen molar-refractivity contribution in [1.82, 2.24) is 0 Å². The minimum atomic E-state index is -0.285. The van der Waals surface area contributed by atoms with E-state index in [0.717, 1.165) is 12.8 Å². The van der Waals surface area contributed by atoms with E-state index in [1.54, 1.807) is 0 Å². The van der Waals surface area contributed by atoms with Crippen LogP contribution in [0, 0.1) is 0 Å². The van der Waals surface area contributed by atoms with Gasteiger partial charge in [0.25, 0.3) is 0 Å². The van der Waals surface area contributed by atoms with Crippen molar-refractivity contribution >= 4 is 5.97 Å². The number of hydrogen-bond donors (Lipinski definition) is 0. The number of carbonyl (C=O) groups is 1. The molecule has 1 rings (SSSR count). The molecule has 0 radical (unpaired) electrons. The van der Waals surface area contributed by atoms with E-state index in [0.29, 0.717) is 0 Å². The Morgan fingerprint density at radius 2 is 2.10 bits per heavy atom. The highest BCUT2D eigenvalue weighted by molar-refractivity contribution is 5.81. The largest absolute Gasteiger partial charge is 0.459 e. The van der Waals surface area contributed by atoms with Crippen molar-refractivity contribution in [3.63, 3.8) is 0 Å². The second-order valence-electron chi connectivity index (χ2n) is 2.55. The smallest absolute Gasteiger partial charge is 0.330 e. The normalized spacial score (nSPS) is 18.8. The van der Waals surface area contributed by atoms with Gasteiger partial charge in [-0.1, -0.05) is 6.58 Å². The monoisotopic (exact) mass is 140 g/mol. The fourth-order valence-corrected chi connectivity index (χ4v) is 1.22. The molecule has 0 aromatic carbocycles. The van der Waals surface area contributed by atoms with E-state index < -0.39 is 0 Å². The van der Waals surface area contributed by atoms with Crippen LogP contribution in [0.5, 0.6) is 0 Å². The summed E-state index contributed by atoms with van der Waals surface area (Å²) in [6.45, 7) is 3.33. The summed E-state index contributed by atoms with van der Waals surface area (Å²) in [5, 5.41) is 0. The van der Waals surface area contributed by atoms with Gasteiger partial charge in [-0.15, -0.1) is 0 Å². The Bertz CT molecular complexity index is 134. The standard InChI is InChI=1S/C8H12O2/c1-2-8(9)10-7-5-3-4-6-7/h2,7H,1,3-6H2. The van der Waals surface area contributed by atoms with Gasteiger partial charge < -0.3 is 4.74 Å². The molecule has 0 amide bonds. The molecule has 2 nitrogen and oxygen atoms in total. The zero-order chi connectivity index (χ0) is 7.40. The quantitative estimate of drug-likeness (QED) is 0.430. The molecule has 0 aromatic rings. The number of esters is 1. The summed E-state index contributed by atoms with van der Waals surface area (Å²) < 4.78 is 5.00. The van der Waals surface area contributed by atoms with Gasteiger partial charge >= 0.3 is 5.97 Å². The van der Waals surface area contributed by atoms with Gasteiger partial charge in [-0.2, -0.15) is 0 Å². The third-order valence-electron chi connectivity index (χ3n) is 1.75. The summed E-state index contributed by atoms with van der Waals surface area (Å²) in [6, 6.07) is 0. The Hall–Kier alpha value is -0.790. The third kappa shape index (κ3) is 1.87. The maximum absolute atomic E-state index is 10.6. The van der Waals surface area contributed by atoms with Gasteiger partial charge in [-0.05, 0) is 25.7 Å². The van der Waals surface area contributed by atoms with Gasteiger partial charge in [0.2, 0.25) is 0 Å². The predicted octanol–water partition coefficient (Wildman–Crippen LogP) is 1.66. The van der Waals surface area contributed by atoms with E-state index in [1.807, 2.05) is 0 Å². The highest BCUT2D eigenvalue weighted by Gasteiger charge is 2.17. The van der Waals surface area contributed by atoms with Crippen LogP contribution in [0.4, 0.5) is 0 Å². The van der Waals surface area contributed by atoms with Crippen molar-refractivity contribution in [2.45, 2.75) is 31.8 Å². The van der Waals surface area contributed by atoms with Gasteiger partial charge in [-0.25, -0.2) is 4.79 Å². The average Bonchev–Trinajstić information content (AvgIpc) is 2.40. The lowest BCUT2D eigenvalue weighted by molar-refractivity contribution is -0.142. The summed E-state index contributed by atoms with van der Waals surface area (Å²) in [6.07, 6.45) is 5.83. The van der Waals surface area contributed by atoms with Gasteiger partial charge in [0.15, 0.2) is 0 Å². The number of hydrogen-bond acceptors (Lipinski definition) is 2. The Morgan fingerprint density at radius 1 is 1.50 bits per heavy atom. The van der Waals surface area contributed by atoms with E-state index in [4.69, 9.17) is 4.74 Å². The van der Waals surface area contributed by atoms with Crippen molar-refractivity contribution in [2.24, 2.45) is 0 Å². The highest BCUT2D eigenvalue weighted by atomic mass is 16.5.